The molecule has 0 radical (unpaired) electrons. The summed E-state index contributed by atoms with van der Waals surface area (Å²) in [5, 5.41) is -1.34. The molecule has 48 valence electrons. The molecular formula is C6H10ClF. The van der Waals surface area contributed by atoms with E-state index in [-0.39, 0.29) is 5.92 Å². The zero-order valence-electron chi connectivity index (χ0n) is 5.12. The Morgan fingerprint density at radius 3 is 2.12 bits per heavy atom. The van der Waals surface area contributed by atoms with Crippen molar-refractivity contribution in [3.05, 3.63) is 0 Å². The lowest BCUT2D eigenvalue weighted by Crippen LogP contribution is -1.98. The second-order valence-corrected chi connectivity index (χ2v) is 3.44. The van der Waals surface area contributed by atoms with Crippen molar-refractivity contribution >= 4 is 11.6 Å². The summed E-state index contributed by atoms with van der Waals surface area (Å²) in [6.07, 6.45) is 0.548. The first-order chi connectivity index (χ1) is 3.54. The molecule has 0 saturated heterocycles. The molecular weight excluding hydrogens is 127 g/mol. The van der Waals surface area contributed by atoms with Gasteiger partial charge < -0.3 is 0 Å². The molecule has 0 aromatic heterocycles. The molecule has 1 fully saturated rings. The van der Waals surface area contributed by atoms with Crippen LogP contribution in [-0.2, 0) is 0 Å². The molecule has 0 amide bonds. The van der Waals surface area contributed by atoms with Crippen LogP contribution in [0.15, 0.2) is 0 Å². The predicted molar refractivity (Wildman–Crippen MR) is 32.6 cm³/mol. The Bertz CT molecular complexity index is 98.7. The molecule has 1 saturated carbocycles. The summed E-state index contributed by atoms with van der Waals surface area (Å²) < 4.78 is 12.5. The first-order valence-electron chi connectivity index (χ1n) is 2.92. The molecule has 0 unspecified atom stereocenters. The largest absolute Gasteiger partial charge is 0.226 e. The van der Waals surface area contributed by atoms with Crippen LogP contribution in [0.4, 0.5) is 4.39 Å². The molecule has 0 heterocycles. The number of halogens is 2. The highest BCUT2D eigenvalue weighted by molar-refractivity contribution is 6.25. The fraction of sp³-hybridized carbons (Fsp3) is 1.00. The standard InChI is InChI=1S/C6H10ClF/c1-4(2)5-3-6(5,7)8/h4-5H,3H2,1-2H3/t5-,6-/m0/s1. The van der Waals surface area contributed by atoms with Crippen LogP contribution < -0.4 is 0 Å². The minimum absolute atomic E-state index is 0.115. The van der Waals surface area contributed by atoms with E-state index in [0.29, 0.717) is 12.3 Å². The Hall–Kier alpha value is 0.220. The van der Waals surface area contributed by atoms with E-state index >= 15 is 0 Å². The van der Waals surface area contributed by atoms with Crippen LogP contribution in [0.5, 0.6) is 0 Å². The van der Waals surface area contributed by atoms with Crippen LogP contribution in [-0.4, -0.2) is 5.13 Å². The Kier molecular flexibility index (Phi) is 1.27. The Balaban J connectivity index is 2.37. The molecule has 0 N–H and O–H groups in total. The van der Waals surface area contributed by atoms with Crippen LogP contribution in [0, 0.1) is 11.8 Å². The second-order valence-electron chi connectivity index (χ2n) is 2.82. The third kappa shape index (κ3) is 0.970. The topological polar surface area (TPSA) is 0 Å². The summed E-state index contributed by atoms with van der Waals surface area (Å²) in [6, 6.07) is 0. The number of alkyl halides is 2. The first-order valence-corrected chi connectivity index (χ1v) is 3.29. The maximum Gasteiger partial charge on any atom is 0.187 e. The molecule has 0 nitrogen and oxygen atoms in total. The van der Waals surface area contributed by atoms with Gasteiger partial charge in [0.05, 0.1) is 0 Å². The maximum atomic E-state index is 12.5. The fourth-order valence-corrected chi connectivity index (χ4v) is 1.38. The molecule has 2 atom stereocenters. The van der Waals surface area contributed by atoms with Crippen molar-refractivity contribution < 1.29 is 4.39 Å². The van der Waals surface area contributed by atoms with Gasteiger partial charge in [-0.25, -0.2) is 4.39 Å². The van der Waals surface area contributed by atoms with E-state index in [1.165, 1.54) is 0 Å². The van der Waals surface area contributed by atoms with Gasteiger partial charge in [0, 0.05) is 12.3 Å². The van der Waals surface area contributed by atoms with Gasteiger partial charge in [-0.1, -0.05) is 25.4 Å². The number of rotatable bonds is 1. The van der Waals surface area contributed by atoms with Crippen molar-refractivity contribution in [3.63, 3.8) is 0 Å². The minimum atomic E-state index is -1.34. The summed E-state index contributed by atoms with van der Waals surface area (Å²) in [5.74, 6) is 0.515. The summed E-state index contributed by atoms with van der Waals surface area (Å²) >= 11 is 5.34. The lowest BCUT2D eigenvalue weighted by Gasteiger charge is -1.99. The van der Waals surface area contributed by atoms with Crippen LogP contribution in [0.1, 0.15) is 20.3 Å². The normalized spacial score (nSPS) is 45.4. The van der Waals surface area contributed by atoms with Gasteiger partial charge in [0.1, 0.15) is 0 Å². The van der Waals surface area contributed by atoms with Gasteiger partial charge in [-0.3, -0.25) is 0 Å². The predicted octanol–water partition coefficient (Wildman–Crippen LogP) is 2.57. The molecule has 0 bridgehead atoms. The van der Waals surface area contributed by atoms with Crippen molar-refractivity contribution in [3.8, 4) is 0 Å². The minimum Gasteiger partial charge on any atom is -0.226 e. The van der Waals surface area contributed by atoms with Crippen LogP contribution in [0.25, 0.3) is 0 Å². The summed E-state index contributed by atoms with van der Waals surface area (Å²) in [6.45, 7) is 3.99. The summed E-state index contributed by atoms with van der Waals surface area (Å²) in [4.78, 5) is 0. The third-order valence-electron chi connectivity index (χ3n) is 1.68. The molecule has 1 aliphatic rings. The van der Waals surface area contributed by atoms with E-state index in [9.17, 15) is 4.39 Å². The molecule has 0 aliphatic heterocycles. The lowest BCUT2D eigenvalue weighted by molar-refractivity contribution is 0.360. The highest BCUT2D eigenvalue weighted by atomic mass is 35.5. The zero-order valence-corrected chi connectivity index (χ0v) is 5.87. The monoisotopic (exact) mass is 136 g/mol. The molecule has 0 aromatic rings. The highest BCUT2D eigenvalue weighted by Gasteiger charge is 2.55. The van der Waals surface area contributed by atoms with E-state index in [0.717, 1.165) is 0 Å². The van der Waals surface area contributed by atoms with Crippen LogP contribution >= 0.6 is 11.6 Å². The van der Waals surface area contributed by atoms with Gasteiger partial charge in [0.15, 0.2) is 5.13 Å². The van der Waals surface area contributed by atoms with Crippen molar-refractivity contribution in [2.45, 2.75) is 25.4 Å². The van der Waals surface area contributed by atoms with Gasteiger partial charge in [-0.05, 0) is 5.92 Å². The zero-order chi connectivity index (χ0) is 6.36. The van der Waals surface area contributed by atoms with Crippen molar-refractivity contribution in [1.82, 2.24) is 0 Å². The fourth-order valence-electron chi connectivity index (χ4n) is 0.958. The Morgan fingerprint density at radius 1 is 1.75 bits per heavy atom. The van der Waals surface area contributed by atoms with Gasteiger partial charge in [0.25, 0.3) is 0 Å². The molecule has 2 heteroatoms. The van der Waals surface area contributed by atoms with Crippen molar-refractivity contribution in [2.75, 3.05) is 0 Å². The molecule has 1 aliphatic carbocycles. The van der Waals surface area contributed by atoms with Gasteiger partial charge >= 0.3 is 0 Å². The smallest absolute Gasteiger partial charge is 0.187 e. The van der Waals surface area contributed by atoms with Crippen LogP contribution in [0.3, 0.4) is 0 Å². The SMILES string of the molecule is CC(C)[C@@H]1C[C@@]1(F)Cl. The average Bonchev–Trinajstić information content (AvgIpc) is 2.13. The molecule has 0 aromatic carbocycles. The summed E-state index contributed by atoms with van der Waals surface area (Å²) in [7, 11) is 0. The van der Waals surface area contributed by atoms with E-state index < -0.39 is 5.13 Å². The number of hydrogen-bond acceptors (Lipinski definition) is 0. The van der Waals surface area contributed by atoms with Gasteiger partial charge in [-0.15, -0.1) is 0 Å². The van der Waals surface area contributed by atoms with E-state index in [4.69, 9.17) is 11.6 Å². The molecule has 0 spiro atoms. The van der Waals surface area contributed by atoms with Crippen LogP contribution in [0.2, 0.25) is 0 Å². The third-order valence-corrected chi connectivity index (χ3v) is 2.11. The van der Waals surface area contributed by atoms with Gasteiger partial charge in [0.2, 0.25) is 0 Å². The van der Waals surface area contributed by atoms with E-state index in [1.807, 2.05) is 13.8 Å². The van der Waals surface area contributed by atoms with Gasteiger partial charge in [-0.2, -0.15) is 0 Å². The van der Waals surface area contributed by atoms with E-state index in [2.05, 4.69) is 0 Å². The maximum absolute atomic E-state index is 12.5. The van der Waals surface area contributed by atoms with Crippen molar-refractivity contribution in [1.29, 1.82) is 0 Å². The first kappa shape index (κ1) is 6.34. The Labute approximate surface area is 54.0 Å². The lowest BCUT2D eigenvalue weighted by atomic mass is 10.1. The highest BCUT2D eigenvalue weighted by Crippen LogP contribution is 2.54. The van der Waals surface area contributed by atoms with E-state index in [1.54, 1.807) is 0 Å². The summed E-state index contributed by atoms with van der Waals surface area (Å²) in [5.41, 5.74) is 0. The molecule has 1 rings (SSSR count). The Morgan fingerprint density at radius 2 is 2.12 bits per heavy atom. The van der Waals surface area contributed by atoms with Crippen molar-refractivity contribution in [2.24, 2.45) is 11.8 Å². The molecule has 8 heavy (non-hydrogen) atoms. The average molecular weight is 137 g/mol. The second kappa shape index (κ2) is 1.60. The number of hydrogen-bond donors (Lipinski definition) is 0. The quantitative estimate of drug-likeness (QED) is 0.486.